The molecule has 1 fully saturated rings. The Hall–Kier alpha value is -2.56. The molecule has 1 atom stereocenters. The van der Waals surface area contributed by atoms with E-state index in [0.717, 1.165) is 10.6 Å². The predicted octanol–water partition coefficient (Wildman–Crippen LogP) is 3.29. The van der Waals surface area contributed by atoms with E-state index in [0.29, 0.717) is 25.3 Å². The second kappa shape index (κ2) is 8.42. The van der Waals surface area contributed by atoms with Crippen LogP contribution >= 0.6 is 11.8 Å². The summed E-state index contributed by atoms with van der Waals surface area (Å²) in [4.78, 5) is 27.6. The molecule has 4 rings (SSSR count). The van der Waals surface area contributed by atoms with E-state index in [9.17, 15) is 18.0 Å². The molecule has 0 bridgehead atoms. The fraction of sp³-hybridized carbons (Fsp3) is 0.364. The highest BCUT2D eigenvalue weighted by Crippen LogP contribution is 2.56. The fourth-order valence-corrected chi connectivity index (χ4v) is 7.07. The van der Waals surface area contributed by atoms with Gasteiger partial charge in [0, 0.05) is 24.4 Å². The van der Waals surface area contributed by atoms with Gasteiger partial charge >= 0.3 is 0 Å². The highest BCUT2D eigenvalue weighted by Gasteiger charge is 2.57. The molecule has 32 heavy (non-hydrogen) atoms. The van der Waals surface area contributed by atoms with Crippen molar-refractivity contribution in [3.8, 4) is 5.75 Å². The largest absolute Gasteiger partial charge is 0.495 e. The van der Waals surface area contributed by atoms with Crippen molar-refractivity contribution in [1.29, 1.82) is 0 Å². The van der Waals surface area contributed by atoms with Gasteiger partial charge in [-0.05, 0) is 36.8 Å². The Morgan fingerprint density at radius 3 is 2.62 bits per heavy atom. The standard InChI is InChI=1S/C22H25N3O5S2/c1-4-24(5-2)32(28,29)15-10-11-18(30-3)16(14-15)23-21(27)22-13-12-20(26)25(22)17-8-6-7-9-19(17)31-22/h6-11,14H,4-5,12-13H2,1-3H3,(H,23,27)/t22-/m1/s1. The molecule has 8 nitrogen and oxygen atoms in total. The van der Waals surface area contributed by atoms with Crippen LogP contribution in [0.25, 0.3) is 0 Å². The van der Waals surface area contributed by atoms with E-state index in [2.05, 4.69) is 5.32 Å². The summed E-state index contributed by atoms with van der Waals surface area (Å²) in [7, 11) is -2.27. The monoisotopic (exact) mass is 475 g/mol. The van der Waals surface area contributed by atoms with Crippen LogP contribution in [-0.4, -0.2) is 49.6 Å². The van der Waals surface area contributed by atoms with E-state index >= 15 is 0 Å². The van der Waals surface area contributed by atoms with Gasteiger partial charge in [0.05, 0.1) is 23.4 Å². The average Bonchev–Trinajstić information content (AvgIpc) is 3.30. The molecule has 2 amide bonds. The molecule has 0 saturated carbocycles. The van der Waals surface area contributed by atoms with Crippen molar-refractivity contribution >= 4 is 45.0 Å². The van der Waals surface area contributed by atoms with Crippen molar-refractivity contribution in [2.75, 3.05) is 30.4 Å². The van der Waals surface area contributed by atoms with Gasteiger partial charge in [0.15, 0.2) is 4.87 Å². The molecule has 1 saturated heterocycles. The van der Waals surface area contributed by atoms with Crippen LogP contribution in [0.4, 0.5) is 11.4 Å². The van der Waals surface area contributed by atoms with E-state index in [1.165, 1.54) is 41.4 Å². The first-order valence-electron chi connectivity index (χ1n) is 10.4. The predicted molar refractivity (Wildman–Crippen MR) is 123 cm³/mol. The number of methoxy groups -OCH3 is 1. The summed E-state index contributed by atoms with van der Waals surface area (Å²) in [6.07, 6.45) is 0.624. The minimum absolute atomic E-state index is 0.0662. The third-order valence-electron chi connectivity index (χ3n) is 5.79. The molecule has 2 aliphatic heterocycles. The van der Waals surface area contributed by atoms with Crippen LogP contribution in [0.2, 0.25) is 0 Å². The van der Waals surface area contributed by atoms with E-state index in [4.69, 9.17) is 4.74 Å². The number of nitrogens with zero attached hydrogens (tertiary/aromatic N) is 2. The number of thioether (sulfide) groups is 1. The van der Waals surface area contributed by atoms with Gasteiger partial charge in [-0.2, -0.15) is 4.31 Å². The minimum atomic E-state index is -3.72. The summed E-state index contributed by atoms with van der Waals surface area (Å²) in [6.45, 7) is 4.21. The molecule has 0 radical (unpaired) electrons. The number of hydrogen-bond acceptors (Lipinski definition) is 6. The van der Waals surface area contributed by atoms with Crippen LogP contribution in [-0.2, 0) is 19.6 Å². The summed E-state index contributed by atoms with van der Waals surface area (Å²) in [6, 6.07) is 11.8. The van der Waals surface area contributed by atoms with E-state index in [-0.39, 0.29) is 28.8 Å². The van der Waals surface area contributed by atoms with Crippen LogP contribution in [0, 0.1) is 0 Å². The zero-order valence-corrected chi connectivity index (χ0v) is 19.8. The molecule has 2 heterocycles. The lowest BCUT2D eigenvalue weighted by molar-refractivity contribution is -0.121. The number of hydrogen-bond donors (Lipinski definition) is 1. The van der Waals surface area contributed by atoms with Crippen LogP contribution in [0.15, 0.2) is 52.3 Å². The first-order chi connectivity index (χ1) is 15.3. The normalized spacial score (nSPS) is 19.8. The Kier molecular flexibility index (Phi) is 5.95. The third-order valence-corrected chi connectivity index (χ3v) is 9.31. The zero-order chi connectivity index (χ0) is 23.1. The summed E-state index contributed by atoms with van der Waals surface area (Å²) in [5.74, 6) is -0.160. The SMILES string of the molecule is CCN(CC)S(=O)(=O)c1ccc(OC)c(NC(=O)[C@]23CCC(=O)N2c2ccccc2S3)c1. The first kappa shape index (κ1) is 22.6. The van der Waals surface area contributed by atoms with Crippen molar-refractivity contribution in [3.05, 3.63) is 42.5 Å². The molecule has 10 heteroatoms. The Labute approximate surface area is 192 Å². The van der Waals surface area contributed by atoms with Crippen LogP contribution in [0.5, 0.6) is 5.75 Å². The number of carbonyl (C=O) groups is 2. The summed E-state index contributed by atoms with van der Waals surface area (Å²) < 4.78 is 32.7. The number of rotatable bonds is 7. The number of amides is 2. The molecular formula is C22H25N3O5S2. The smallest absolute Gasteiger partial charge is 0.261 e. The maximum atomic E-state index is 13.6. The van der Waals surface area contributed by atoms with Crippen molar-refractivity contribution < 1.29 is 22.7 Å². The second-order valence-electron chi connectivity index (χ2n) is 7.49. The van der Waals surface area contributed by atoms with Gasteiger partial charge in [-0.25, -0.2) is 8.42 Å². The summed E-state index contributed by atoms with van der Waals surface area (Å²) >= 11 is 1.35. The molecule has 2 aromatic rings. The highest BCUT2D eigenvalue weighted by molar-refractivity contribution is 8.02. The maximum Gasteiger partial charge on any atom is 0.261 e. The molecule has 0 aliphatic carbocycles. The lowest BCUT2D eigenvalue weighted by atomic mass is 10.1. The number of ether oxygens (including phenoxy) is 1. The quantitative estimate of drug-likeness (QED) is 0.660. The average molecular weight is 476 g/mol. The van der Waals surface area contributed by atoms with Crippen molar-refractivity contribution in [2.45, 2.75) is 41.4 Å². The van der Waals surface area contributed by atoms with Crippen molar-refractivity contribution in [3.63, 3.8) is 0 Å². The van der Waals surface area contributed by atoms with Gasteiger partial charge in [0.25, 0.3) is 5.91 Å². The van der Waals surface area contributed by atoms with Gasteiger partial charge in [-0.3, -0.25) is 14.5 Å². The van der Waals surface area contributed by atoms with Crippen molar-refractivity contribution in [2.24, 2.45) is 0 Å². The van der Waals surface area contributed by atoms with Crippen LogP contribution in [0.1, 0.15) is 26.7 Å². The first-order valence-corrected chi connectivity index (χ1v) is 12.6. The number of anilines is 2. The fourth-order valence-electron chi connectivity index (χ4n) is 4.18. The van der Waals surface area contributed by atoms with Crippen LogP contribution in [0.3, 0.4) is 0 Å². The van der Waals surface area contributed by atoms with Gasteiger partial charge < -0.3 is 10.1 Å². The lowest BCUT2D eigenvalue weighted by Gasteiger charge is -2.30. The number of fused-ring (bicyclic) bond motifs is 3. The third kappa shape index (κ3) is 3.46. The van der Waals surface area contributed by atoms with E-state index in [1.807, 2.05) is 24.3 Å². The molecule has 0 aromatic heterocycles. The molecule has 2 aromatic carbocycles. The summed E-state index contributed by atoms with van der Waals surface area (Å²) in [5.41, 5.74) is 0.968. The topological polar surface area (TPSA) is 96.0 Å². The lowest BCUT2D eigenvalue weighted by Crippen LogP contribution is -2.49. The summed E-state index contributed by atoms with van der Waals surface area (Å²) in [5, 5.41) is 2.85. The van der Waals surface area contributed by atoms with E-state index in [1.54, 1.807) is 18.7 Å². The Morgan fingerprint density at radius 2 is 1.94 bits per heavy atom. The number of nitrogens with one attached hydrogen (secondary N) is 1. The molecule has 0 unspecified atom stereocenters. The van der Waals surface area contributed by atoms with Crippen LogP contribution < -0.4 is 15.0 Å². The number of sulfonamides is 1. The molecule has 170 valence electrons. The molecule has 1 N–H and O–H groups in total. The van der Waals surface area contributed by atoms with Gasteiger partial charge in [0.2, 0.25) is 15.9 Å². The van der Waals surface area contributed by atoms with Gasteiger partial charge in [-0.1, -0.05) is 37.7 Å². The molecule has 2 aliphatic rings. The number of benzene rings is 2. The number of carbonyl (C=O) groups excluding carboxylic acids is 2. The number of para-hydroxylation sites is 1. The molecule has 0 spiro atoms. The molecular weight excluding hydrogens is 450 g/mol. The maximum absolute atomic E-state index is 13.6. The Morgan fingerprint density at radius 1 is 1.22 bits per heavy atom. The van der Waals surface area contributed by atoms with E-state index < -0.39 is 14.9 Å². The zero-order valence-electron chi connectivity index (χ0n) is 18.1. The van der Waals surface area contributed by atoms with Gasteiger partial charge in [-0.15, -0.1) is 0 Å². The highest BCUT2D eigenvalue weighted by atomic mass is 32.2. The Bertz CT molecular complexity index is 1180. The second-order valence-corrected chi connectivity index (χ2v) is 10.7. The van der Waals surface area contributed by atoms with Gasteiger partial charge in [0.1, 0.15) is 5.75 Å². The van der Waals surface area contributed by atoms with Crippen molar-refractivity contribution in [1.82, 2.24) is 4.31 Å². The minimum Gasteiger partial charge on any atom is -0.495 e. The Balaban J connectivity index is 1.70.